The number of phenols is 1. The van der Waals surface area contributed by atoms with Crippen molar-refractivity contribution in [2.45, 2.75) is 51.6 Å². The molecule has 4 aromatic rings. The molecule has 0 spiro atoms. The van der Waals surface area contributed by atoms with E-state index in [1.807, 2.05) is 36.4 Å². The maximum Gasteiger partial charge on any atom is 0.160 e. The van der Waals surface area contributed by atoms with E-state index in [9.17, 15) is 14.3 Å². The fraction of sp³-hybridized carbons (Fsp3) is 0.242. The highest BCUT2D eigenvalue weighted by Crippen LogP contribution is 2.51. The van der Waals surface area contributed by atoms with Gasteiger partial charge in [-0.1, -0.05) is 101 Å². The Morgan fingerprint density at radius 3 is 1.97 bits per heavy atom. The number of benzene rings is 4. The minimum Gasteiger partial charge on any atom is -0.507 e. The Hall–Kier alpha value is -3.29. The van der Waals surface area contributed by atoms with E-state index in [1.165, 1.54) is 24.6 Å². The zero-order valence-corrected chi connectivity index (χ0v) is 22.7. The Kier molecular flexibility index (Phi) is 8.56. The Morgan fingerprint density at radius 1 is 0.811 bits per heavy atom. The summed E-state index contributed by atoms with van der Waals surface area (Å²) in [7, 11) is 0.209. The van der Waals surface area contributed by atoms with Gasteiger partial charge in [0.15, 0.2) is 5.78 Å². The lowest BCUT2D eigenvalue weighted by atomic mass is 9.86. The molecule has 2 nitrogen and oxygen atoms in total. The van der Waals surface area contributed by atoms with E-state index < -0.39 is 5.82 Å². The van der Waals surface area contributed by atoms with E-state index in [4.69, 9.17) is 0 Å². The number of carbonyl (C=O) groups is 1. The molecule has 0 fully saturated rings. The minimum atomic E-state index is -0.407. The zero-order chi connectivity index (χ0) is 26.4. The van der Waals surface area contributed by atoms with Gasteiger partial charge in [-0.15, -0.1) is 0 Å². The summed E-state index contributed by atoms with van der Waals surface area (Å²) in [6, 6.07) is 29.3. The molecule has 0 aromatic heterocycles. The van der Waals surface area contributed by atoms with E-state index >= 15 is 0 Å². The van der Waals surface area contributed by atoms with Crippen LogP contribution in [0.4, 0.5) is 4.39 Å². The highest BCUT2D eigenvalue weighted by Gasteiger charge is 2.34. The van der Waals surface area contributed by atoms with Crippen LogP contribution in [0.25, 0.3) is 0 Å². The van der Waals surface area contributed by atoms with Gasteiger partial charge >= 0.3 is 0 Å². The first-order valence-electron chi connectivity index (χ1n) is 12.9. The molecular formula is C33H34FO2P. The number of halogens is 1. The fourth-order valence-electron chi connectivity index (χ4n) is 5.06. The number of hydrogen-bond donors (Lipinski definition) is 1. The van der Waals surface area contributed by atoms with Crippen molar-refractivity contribution in [3.63, 3.8) is 0 Å². The van der Waals surface area contributed by atoms with Crippen molar-refractivity contribution >= 4 is 19.7 Å². The van der Waals surface area contributed by atoms with Crippen molar-refractivity contribution in [2.75, 3.05) is 0 Å². The Bertz CT molecular complexity index is 1360. The second kappa shape index (κ2) is 11.8. The summed E-state index contributed by atoms with van der Waals surface area (Å²) in [5, 5.41) is 12.2. The van der Waals surface area contributed by atoms with Crippen LogP contribution in [0.15, 0.2) is 91.0 Å². The third-order valence-electron chi connectivity index (χ3n) is 7.19. The molecule has 4 heteroatoms. The molecule has 37 heavy (non-hydrogen) atoms. The smallest absolute Gasteiger partial charge is 0.160 e. The number of aromatic hydroxyl groups is 1. The number of rotatable bonds is 10. The highest BCUT2D eigenvalue weighted by atomic mass is 31.1. The number of carbonyl (C=O) groups excluding carboxylic acids is 1. The Balaban J connectivity index is 1.85. The van der Waals surface area contributed by atoms with Crippen molar-refractivity contribution in [1.29, 1.82) is 0 Å². The van der Waals surface area contributed by atoms with Gasteiger partial charge in [-0.05, 0) is 65.9 Å². The number of hydrogen-bond acceptors (Lipinski definition) is 2. The summed E-state index contributed by atoms with van der Waals surface area (Å²) in [5.74, 6) is -0.228. The van der Waals surface area contributed by atoms with E-state index in [2.05, 4.69) is 50.2 Å². The quantitative estimate of drug-likeness (QED) is 0.173. The van der Waals surface area contributed by atoms with Crippen LogP contribution in [0.1, 0.15) is 71.8 Å². The first kappa shape index (κ1) is 26.8. The predicted molar refractivity (Wildman–Crippen MR) is 153 cm³/mol. The van der Waals surface area contributed by atoms with Crippen molar-refractivity contribution < 1.29 is 14.3 Å². The van der Waals surface area contributed by atoms with E-state index in [1.54, 1.807) is 6.07 Å². The van der Waals surface area contributed by atoms with Crippen LogP contribution in [-0.4, -0.2) is 10.9 Å². The topological polar surface area (TPSA) is 37.3 Å². The molecule has 1 N–H and O–H groups in total. The molecule has 4 rings (SSSR count). The molecule has 0 heterocycles. The normalized spacial score (nSPS) is 11.8. The predicted octanol–water partition coefficient (Wildman–Crippen LogP) is 7.93. The molecule has 0 radical (unpaired) electrons. The largest absolute Gasteiger partial charge is 0.507 e. The third kappa shape index (κ3) is 6.17. The molecule has 0 bridgehead atoms. The first-order chi connectivity index (χ1) is 17.8. The maximum absolute atomic E-state index is 14.0. The van der Waals surface area contributed by atoms with Crippen LogP contribution in [-0.2, 0) is 18.0 Å². The Labute approximate surface area is 221 Å². The van der Waals surface area contributed by atoms with Crippen molar-refractivity contribution in [2.24, 2.45) is 0 Å². The second-order valence-electron chi connectivity index (χ2n) is 9.64. The molecule has 1 atom stereocenters. The molecule has 0 amide bonds. The molecule has 190 valence electrons. The van der Waals surface area contributed by atoms with Crippen LogP contribution in [0.5, 0.6) is 5.75 Å². The standard InChI is InChI=1S/C33H34FO2P/c1-4-33(5-2,37-31-17-16-28(34)22-29(31)23(3)35)30-21-26(18-24-12-8-6-9-13-24)20-27(32(30)36)19-25-14-10-7-11-15-25/h6-17,20-22,36-37H,4-5,18-19H2,1-3H3. The summed E-state index contributed by atoms with van der Waals surface area (Å²) >= 11 is 0. The van der Waals surface area contributed by atoms with Gasteiger partial charge in [0.05, 0.1) is 0 Å². The van der Waals surface area contributed by atoms with Gasteiger partial charge in [-0.25, -0.2) is 4.39 Å². The SMILES string of the molecule is CCC(CC)(Pc1ccc(F)cc1C(C)=O)c1cc(Cc2ccccc2)cc(Cc2ccccc2)c1O. The summed E-state index contributed by atoms with van der Waals surface area (Å²) in [4.78, 5) is 12.4. The van der Waals surface area contributed by atoms with Crippen LogP contribution >= 0.6 is 8.58 Å². The van der Waals surface area contributed by atoms with Gasteiger partial charge < -0.3 is 5.11 Å². The van der Waals surface area contributed by atoms with Gasteiger partial charge in [0.1, 0.15) is 11.6 Å². The molecule has 0 aliphatic rings. The van der Waals surface area contributed by atoms with Crippen LogP contribution in [0.3, 0.4) is 0 Å². The fourth-order valence-corrected chi connectivity index (χ4v) is 6.80. The Morgan fingerprint density at radius 2 is 1.41 bits per heavy atom. The molecule has 0 saturated carbocycles. The lowest BCUT2D eigenvalue weighted by Gasteiger charge is -2.35. The van der Waals surface area contributed by atoms with Crippen LogP contribution in [0.2, 0.25) is 0 Å². The van der Waals surface area contributed by atoms with Crippen molar-refractivity contribution in [1.82, 2.24) is 0 Å². The van der Waals surface area contributed by atoms with Gasteiger partial charge in [0.2, 0.25) is 0 Å². The van der Waals surface area contributed by atoms with Crippen LogP contribution < -0.4 is 5.30 Å². The van der Waals surface area contributed by atoms with Crippen molar-refractivity contribution in [3.8, 4) is 5.75 Å². The average Bonchev–Trinajstić information content (AvgIpc) is 2.91. The molecule has 0 aliphatic carbocycles. The summed E-state index contributed by atoms with van der Waals surface area (Å²) in [5.41, 5.74) is 5.73. The molecule has 0 aliphatic heterocycles. The highest BCUT2D eigenvalue weighted by molar-refractivity contribution is 7.48. The summed E-state index contributed by atoms with van der Waals surface area (Å²) in [6.45, 7) is 5.75. The van der Waals surface area contributed by atoms with Gasteiger partial charge in [0, 0.05) is 22.7 Å². The number of phenolic OH excluding ortho intramolecular Hbond substituents is 1. The average molecular weight is 513 g/mol. The second-order valence-corrected chi connectivity index (χ2v) is 11.4. The van der Waals surface area contributed by atoms with Gasteiger partial charge in [-0.3, -0.25) is 4.79 Å². The number of Topliss-reactive ketones (excluding diaryl/α,β-unsaturated/α-hetero) is 1. The zero-order valence-electron chi connectivity index (χ0n) is 21.7. The van der Waals surface area contributed by atoms with E-state index in [0.29, 0.717) is 17.7 Å². The van der Waals surface area contributed by atoms with Gasteiger partial charge in [-0.2, -0.15) is 0 Å². The molecule has 0 saturated heterocycles. The lowest BCUT2D eigenvalue weighted by Crippen LogP contribution is -2.24. The van der Waals surface area contributed by atoms with Crippen molar-refractivity contribution in [3.05, 3.63) is 130 Å². The summed E-state index contributed by atoms with van der Waals surface area (Å²) < 4.78 is 14.0. The van der Waals surface area contributed by atoms with E-state index in [0.717, 1.165) is 46.8 Å². The van der Waals surface area contributed by atoms with Crippen LogP contribution in [0, 0.1) is 5.82 Å². The molecular weight excluding hydrogens is 478 g/mol. The summed E-state index contributed by atoms with van der Waals surface area (Å²) in [6.07, 6.45) is 2.95. The monoisotopic (exact) mass is 512 g/mol. The maximum atomic E-state index is 14.0. The lowest BCUT2D eigenvalue weighted by molar-refractivity contribution is 0.101. The third-order valence-corrected chi connectivity index (χ3v) is 9.35. The molecule has 4 aromatic carbocycles. The minimum absolute atomic E-state index is 0.144. The molecule has 1 unspecified atom stereocenters. The van der Waals surface area contributed by atoms with E-state index in [-0.39, 0.29) is 19.5 Å². The number of ketones is 1. The first-order valence-corrected chi connectivity index (χ1v) is 13.9. The van der Waals surface area contributed by atoms with Gasteiger partial charge in [0.25, 0.3) is 0 Å².